The van der Waals surface area contributed by atoms with Crippen LogP contribution in [-0.4, -0.2) is 5.11 Å². The van der Waals surface area contributed by atoms with Gasteiger partial charge in [-0.2, -0.15) is 0 Å². The summed E-state index contributed by atoms with van der Waals surface area (Å²) in [6.07, 6.45) is 3.70. The van der Waals surface area contributed by atoms with E-state index in [2.05, 4.69) is 40.3 Å². The molecule has 0 bridgehead atoms. The van der Waals surface area contributed by atoms with Gasteiger partial charge in [-0.15, -0.1) is 0 Å². The molecule has 1 atom stereocenters. The summed E-state index contributed by atoms with van der Waals surface area (Å²) in [5.41, 5.74) is 4.36. The van der Waals surface area contributed by atoms with E-state index in [1.807, 2.05) is 6.08 Å². The smallest absolute Gasteiger partial charge is 0.159 e. The second-order valence-electron chi connectivity index (χ2n) is 5.39. The lowest BCUT2D eigenvalue weighted by Crippen LogP contribution is -2.26. The number of hydrogen-bond acceptors (Lipinski definition) is 1. The molecular formula is C13H20O. The summed E-state index contributed by atoms with van der Waals surface area (Å²) in [6.45, 7) is 11.1. The zero-order chi connectivity index (χ0) is 10.9. The third-order valence-corrected chi connectivity index (χ3v) is 2.63. The molecule has 1 aliphatic carbocycles. The van der Waals surface area contributed by atoms with Crippen LogP contribution in [0.15, 0.2) is 29.2 Å². The van der Waals surface area contributed by atoms with Gasteiger partial charge in [-0.3, -0.25) is 0 Å². The summed E-state index contributed by atoms with van der Waals surface area (Å²) in [4.78, 5) is 0. The Morgan fingerprint density at radius 1 is 1.21 bits per heavy atom. The summed E-state index contributed by atoms with van der Waals surface area (Å²) in [5, 5.41) is 9.29. The first-order valence-electron chi connectivity index (χ1n) is 5.20. The highest BCUT2D eigenvalue weighted by Gasteiger charge is 2.30. The van der Waals surface area contributed by atoms with Gasteiger partial charge >= 0.3 is 0 Å². The molecule has 14 heavy (non-hydrogen) atoms. The van der Waals surface area contributed by atoms with Crippen LogP contribution in [0.5, 0.6) is 0 Å². The quantitative estimate of drug-likeness (QED) is 0.659. The molecular weight excluding hydrogens is 172 g/mol. The van der Waals surface area contributed by atoms with Gasteiger partial charge in [-0.05, 0) is 29.4 Å². The van der Waals surface area contributed by atoms with E-state index in [1.54, 1.807) is 6.08 Å². The maximum absolute atomic E-state index is 9.29. The molecule has 0 radical (unpaired) electrons. The lowest BCUT2D eigenvalue weighted by molar-refractivity contribution is 0.221. The average molecular weight is 192 g/mol. The maximum Gasteiger partial charge on any atom is 0.159 e. The van der Waals surface area contributed by atoms with Crippen LogP contribution in [0.4, 0.5) is 0 Å². The van der Waals surface area contributed by atoms with Crippen LogP contribution in [0.1, 0.15) is 34.6 Å². The van der Waals surface area contributed by atoms with Crippen LogP contribution in [0.25, 0.3) is 0 Å². The van der Waals surface area contributed by atoms with Crippen molar-refractivity contribution in [1.29, 1.82) is 0 Å². The zero-order valence-electron chi connectivity index (χ0n) is 9.76. The van der Waals surface area contributed by atoms with Crippen molar-refractivity contribution in [3.63, 3.8) is 0 Å². The Balaban J connectivity index is 3.04. The fraction of sp³-hybridized carbons (Fsp3) is 0.615. The van der Waals surface area contributed by atoms with Crippen LogP contribution in [-0.2, 0) is 0 Å². The minimum Gasteiger partial charge on any atom is -0.501 e. The molecule has 1 heteroatoms. The normalized spacial score (nSPS) is 18.4. The molecule has 0 spiro atoms. The third kappa shape index (κ3) is 2.30. The number of hydrogen-bond donors (Lipinski definition) is 1. The molecule has 0 aromatic carbocycles. The highest BCUT2D eigenvalue weighted by atomic mass is 16.3. The first-order chi connectivity index (χ1) is 6.32. The van der Waals surface area contributed by atoms with Gasteiger partial charge in [-0.25, -0.2) is 0 Å². The molecule has 1 nitrogen and oxygen atoms in total. The molecule has 1 aliphatic rings. The Labute approximate surface area is 86.8 Å². The first-order valence-corrected chi connectivity index (χ1v) is 5.20. The van der Waals surface area contributed by atoms with Crippen molar-refractivity contribution in [3.8, 4) is 0 Å². The van der Waals surface area contributed by atoms with Gasteiger partial charge in [0.25, 0.3) is 0 Å². The van der Waals surface area contributed by atoms with E-state index in [9.17, 15) is 5.11 Å². The SMILES string of the molecule is CC(C)C(C1=C=C(O)C=C1)C(C)(C)C. The van der Waals surface area contributed by atoms with E-state index in [-0.39, 0.29) is 11.2 Å². The van der Waals surface area contributed by atoms with E-state index in [1.165, 1.54) is 0 Å². The lowest BCUT2D eigenvalue weighted by atomic mass is 9.70. The second-order valence-corrected chi connectivity index (χ2v) is 5.39. The predicted octanol–water partition coefficient (Wildman–Crippen LogP) is 3.84. The minimum atomic E-state index is 0.214. The standard InChI is InChI=1S/C13H20O/c1-9(2)12(13(3,4)5)10-6-7-11(14)8-10/h6-7,9,12,14H,1-5H3. The topological polar surface area (TPSA) is 20.2 Å². The van der Waals surface area contributed by atoms with Crippen molar-refractivity contribution in [3.05, 3.63) is 29.2 Å². The Morgan fingerprint density at radius 3 is 2.07 bits per heavy atom. The highest BCUT2D eigenvalue weighted by Crippen LogP contribution is 2.38. The highest BCUT2D eigenvalue weighted by molar-refractivity contribution is 5.35. The molecule has 0 amide bonds. The Hall–Kier alpha value is -0.940. The molecule has 0 fully saturated rings. The summed E-state index contributed by atoms with van der Waals surface area (Å²) in [6, 6.07) is 0. The molecule has 0 saturated carbocycles. The van der Waals surface area contributed by atoms with Gasteiger partial charge in [0.1, 0.15) is 0 Å². The Bertz CT molecular complexity index is 307. The summed E-state index contributed by atoms with van der Waals surface area (Å²) in [5.74, 6) is 1.27. The summed E-state index contributed by atoms with van der Waals surface area (Å²) >= 11 is 0. The van der Waals surface area contributed by atoms with Crippen molar-refractivity contribution < 1.29 is 5.11 Å². The molecule has 0 aromatic rings. The van der Waals surface area contributed by atoms with E-state index < -0.39 is 0 Å². The molecule has 0 aliphatic heterocycles. The Morgan fingerprint density at radius 2 is 1.79 bits per heavy atom. The number of aliphatic hydroxyl groups is 1. The Kier molecular flexibility index (Phi) is 2.92. The average Bonchev–Trinajstić information content (AvgIpc) is 2.31. The molecule has 1 rings (SSSR count). The third-order valence-electron chi connectivity index (χ3n) is 2.63. The van der Waals surface area contributed by atoms with Gasteiger partial charge in [0.2, 0.25) is 0 Å². The van der Waals surface area contributed by atoms with Gasteiger partial charge in [-0.1, -0.05) is 40.3 Å². The molecule has 1 unspecified atom stereocenters. The number of rotatable bonds is 2. The molecule has 0 saturated heterocycles. The number of aliphatic hydroxyl groups excluding tert-OH is 1. The summed E-state index contributed by atoms with van der Waals surface area (Å²) in [7, 11) is 0. The van der Waals surface area contributed by atoms with Gasteiger partial charge in [0.05, 0.1) is 0 Å². The molecule has 0 aromatic heterocycles. The van der Waals surface area contributed by atoms with Crippen molar-refractivity contribution >= 4 is 0 Å². The zero-order valence-corrected chi connectivity index (χ0v) is 9.76. The van der Waals surface area contributed by atoms with Crippen LogP contribution >= 0.6 is 0 Å². The fourth-order valence-corrected chi connectivity index (χ4v) is 2.41. The molecule has 78 valence electrons. The molecule has 0 heterocycles. The van der Waals surface area contributed by atoms with Gasteiger partial charge < -0.3 is 5.11 Å². The van der Waals surface area contributed by atoms with Crippen LogP contribution in [0, 0.1) is 17.3 Å². The number of allylic oxidation sites excluding steroid dienone is 2. The van der Waals surface area contributed by atoms with E-state index >= 15 is 0 Å². The van der Waals surface area contributed by atoms with Gasteiger partial charge in [0.15, 0.2) is 5.76 Å². The van der Waals surface area contributed by atoms with E-state index in [0.29, 0.717) is 11.8 Å². The first kappa shape index (κ1) is 11.1. The van der Waals surface area contributed by atoms with E-state index in [4.69, 9.17) is 0 Å². The van der Waals surface area contributed by atoms with Crippen LogP contribution in [0.3, 0.4) is 0 Å². The largest absolute Gasteiger partial charge is 0.501 e. The van der Waals surface area contributed by atoms with Crippen LogP contribution < -0.4 is 0 Å². The van der Waals surface area contributed by atoms with Crippen molar-refractivity contribution in [1.82, 2.24) is 0 Å². The van der Waals surface area contributed by atoms with Crippen molar-refractivity contribution in [2.75, 3.05) is 0 Å². The monoisotopic (exact) mass is 192 g/mol. The van der Waals surface area contributed by atoms with Crippen molar-refractivity contribution in [2.24, 2.45) is 17.3 Å². The lowest BCUT2D eigenvalue weighted by Gasteiger charge is -2.33. The second kappa shape index (κ2) is 3.67. The van der Waals surface area contributed by atoms with Crippen molar-refractivity contribution in [2.45, 2.75) is 34.6 Å². The predicted molar refractivity (Wildman–Crippen MR) is 60.1 cm³/mol. The van der Waals surface area contributed by atoms with Crippen LogP contribution in [0.2, 0.25) is 0 Å². The minimum absolute atomic E-state index is 0.214. The molecule has 1 N–H and O–H groups in total. The fourth-order valence-electron chi connectivity index (χ4n) is 2.41. The van der Waals surface area contributed by atoms with E-state index in [0.717, 1.165) is 5.57 Å². The van der Waals surface area contributed by atoms with Gasteiger partial charge in [0, 0.05) is 5.57 Å². The summed E-state index contributed by atoms with van der Waals surface area (Å²) < 4.78 is 0. The maximum atomic E-state index is 9.29.